The second-order valence-corrected chi connectivity index (χ2v) is 11.7. The number of unbranched alkanes of at least 4 members (excludes halogenated alkanes) is 17. The highest BCUT2D eigenvalue weighted by molar-refractivity contribution is 6.44. The van der Waals surface area contributed by atoms with Crippen LogP contribution in [0.5, 0.6) is 0 Å². The van der Waals surface area contributed by atoms with Gasteiger partial charge in [0.05, 0.1) is 0 Å². The molecule has 196 valence electrons. The first-order chi connectivity index (χ1) is 15.8. The summed E-state index contributed by atoms with van der Waals surface area (Å²) in [6, 6.07) is 1.15. The summed E-state index contributed by atoms with van der Waals surface area (Å²) >= 11 is 0. The molecule has 2 nitrogen and oxygen atoms in total. The molecule has 0 saturated carbocycles. The predicted octanol–water partition coefficient (Wildman–Crippen LogP) is 10.5. The van der Waals surface area contributed by atoms with Crippen molar-refractivity contribution in [3.05, 3.63) is 0 Å². The summed E-state index contributed by atoms with van der Waals surface area (Å²) in [4.78, 5) is 0. The summed E-state index contributed by atoms with van der Waals surface area (Å²) in [6.07, 6.45) is 29.8. The fraction of sp³-hybridized carbons (Fsp3) is 1.00. The molecule has 0 heterocycles. The van der Waals surface area contributed by atoms with E-state index >= 15 is 0 Å². The molecule has 0 aliphatic heterocycles. The van der Waals surface area contributed by atoms with Crippen LogP contribution in [-0.4, -0.2) is 22.5 Å². The molecule has 0 N–H and O–H groups in total. The van der Waals surface area contributed by atoms with Gasteiger partial charge in [0.15, 0.2) is 0 Å². The van der Waals surface area contributed by atoms with Crippen molar-refractivity contribution >= 4 is 9.28 Å². The van der Waals surface area contributed by atoms with E-state index in [0.29, 0.717) is 0 Å². The molecule has 32 heavy (non-hydrogen) atoms. The Kier molecular flexibility index (Phi) is 35.7. The molecule has 0 bridgehead atoms. The van der Waals surface area contributed by atoms with E-state index in [1.807, 2.05) is 0 Å². The van der Waals surface area contributed by atoms with Crippen molar-refractivity contribution in [3.8, 4) is 0 Å². The zero-order valence-corrected chi connectivity index (χ0v) is 24.5. The summed E-state index contributed by atoms with van der Waals surface area (Å²) in [7, 11) is -1.27. The first-order valence-corrected chi connectivity index (χ1v) is 16.8. The second kappa shape index (κ2) is 33.3. The molecule has 0 rings (SSSR count). The molecule has 0 aromatic heterocycles. The SMILES string of the molecule is CCCCCCCCCCCCCCCCCCCC.CCCO[SiH](CCC)OCCC. The lowest BCUT2D eigenvalue weighted by Crippen LogP contribution is -2.23. The monoisotopic (exact) mass is 472 g/mol. The van der Waals surface area contributed by atoms with Crippen molar-refractivity contribution in [1.29, 1.82) is 0 Å². The van der Waals surface area contributed by atoms with Gasteiger partial charge in [-0.25, -0.2) is 0 Å². The van der Waals surface area contributed by atoms with E-state index in [1.54, 1.807) is 0 Å². The molecule has 0 atom stereocenters. The van der Waals surface area contributed by atoms with Gasteiger partial charge in [0.1, 0.15) is 0 Å². The highest BCUT2D eigenvalue weighted by Crippen LogP contribution is 2.14. The summed E-state index contributed by atoms with van der Waals surface area (Å²) < 4.78 is 11.3. The average Bonchev–Trinajstić information content (AvgIpc) is 2.81. The molecular formula is C29H64O2Si. The number of hydrogen-bond acceptors (Lipinski definition) is 2. The van der Waals surface area contributed by atoms with E-state index < -0.39 is 9.28 Å². The van der Waals surface area contributed by atoms with Gasteiger partial charge in [-0.2, -0.15) is 0 Å². The Morgan fingerprint density at radius 2 is 0.625 bits per heavy atom. The van der Waals surface area contributed by atoms with Crippen LogP contribution >= 0.6 is 0 Å². The van der Waals surface area contributed by atoms with Crippen molar-refractivity contribution in [1.82, 2.24) is 0 Å². The Labute approximate surface area is 206 Å². The van der Waals surface area contributed by atoms with Gasteiger partial charge in [-0.3, -0.25) is 0 Å². The molecule has 0 aromatic rings. The summed E-state index contributed by atoms with van der Waals surface area (Å²) in [5, 5.41) is 0. The van der Waals surface area contributed by atoms with Crippen LogP contribution in [0.3, 0.4) is 0 Å². The fourth-order valence-electron chi connectivity index (χ4n) is 3.92. The van der Waals surface area contributed by atoms with Crippen LogP contribution in [0.15, 0.2) is 0 Å². The minimum atomic E-state index is -1.27. The topological polar surface area (TPSA) is 18.5 Å². The third-order valence-corrected chi connectivity index (χ3v) is 8.26. The molecule has 0 amide bonds. The Bertz CT molecular complexity index is 273. The van der Waals surface area contributed by atoms with Crippen LogP contribution in [0.2, 0.25) is 6.04 Å². The number of rotatable bonds is 25. The Morgan fingerprint density at radius 1 is 0.344 bits per heavy atom. The molecule has 0 unspecified atom stereocenters. The van der Waals surface area contributed by atoms with Gasteiger partial charge in [0.25, 0.3) is 0 Å². The van der Waals surface area contributed by atoms with Gasteiger partial charge in [0.2, 0.25) is 0 Å². The molecule has 0 fully saturated rings. The molecule has 0 aliphatic rings. The highest BCUT2D eigenvalue weighted by Gasteiger charge is 2.10. The first kappa shape index (κ1) is 34.3. The Hall–Kier alpha value is 0.137. The maximum absolute atomic E-state index is 5.65. The van der Waals surface area contributed by atoms with Crippen molar-refractivity contribution < 1.29 is 8.85 Å². The quantitative estimate of drug-likeness (QED) is 0.0971. The van der Waals surface area contributed by atoms with Gasteiger partial charge < -0.3 is 8.85 Å². The predicted molar refractivity (Wildman–Crippen MR) is 149 cm³/mol. The van der Waals surface area contributed by atoms with E-state index in [-0.39, 0.29) is 0 Å². The molecule has 0 spiro atoms. The van der Waals surface area contributed by atoms with Crippen LogP contribution < -0.4 is 0 Å². The number of hydrogen-bond donors (Lipinski definition) is 0. The highest BCUT2D eigenvalue weighted by atomic mass is 28.3. The van der Waals surface area contributed by atoms with Gasteiger partial charge in [-0.05, 0) is 18.9 Å². The Morgan fingerprint density at radius 3 is 0.844 bits per heavy atom. The van der Waals surface area contributed by atoms with Crippen molar-refractivity contribution in [2.45, 2.75) is 176 Å². The third-order valence-electron chi connectivity index (χ3n) is 6.00. The van der Waals surface area contributed by atoms with Gasteiger partial charge >= 0.3 is 9.28 Å². The summed E-state index contributed by atoms with van der Waals surface area (Å²) in [5.74, 6) is 0. The van der Waals surface area contributed by atoms with Crippen molar-refractivity contribution in [2.24, 2.45) is 0 Å². The largest absolute Gasteiger partial charge is 0.397 e. The molecule has 0 radical (unpaired) electrons. The summed E-state index contributed by atoms with van der Waals surface area (Å²) in [5.41, 5.74) is 0. The van der Waals surface area contributed by atoms with Crippen molar-refractivity contribution in [3.63, 3.8) is 0 Å². The van der Waals surface area contributed by atoms with Crippen LogP contribution in [0.1, 0.15) is 169 Å². The molecule has 3 heteroatoms. The van der Waals surface area contributed by atoms with E-state index in [1.165, 1.54) is 122 Å². The molecule has 0 aliphatic carbocycles. The third kappa shape index (κ3) is 32.3. The maximum Gasteiger partial charge on any atom is 0.321 e. The molecule has 0 saturated heterocycles. The minimum Gasteiger partial charge on any atom is -0.397 e. The zero-order chi connectivity index (χ0) is 24.0. The zero-order valence-electron chi connectivity index (χ0n) is 23.4. The normalized spacial score (nSPS) is 11.1. The fourth-order valence-corrected chi connectivity index (χ4v) is 5.82. The minimum absolute atomic E-state index is 0.876. The molecular weight excluding hydrogens is 408 g/mol. The smallest absolute Gasteiger partial charge is 0.321 e. The lowest BCUT2D eigenvalue weighted by atomic mass is 10.0. The second-order valence-electron chi connectivity index (χ2n) is 9.62. The van der Waals surface area contributed by atoms with E-state index in [4.69, 9.17) is 8.85 Å². The lowest BCUT2D eigenvalue weighted by molar-refractivity contribution is 0.196. The average molecular weight is 473 g/mol. The van der Waals surface area contributed by atoms with Crippen LogP contribution in [0.4, 0.5) is 0 Å². The van der Waals surface area contributed by atoms with Gasteiger partial charge in [0, 0.05) is 13.2 Å². The van der Waals surface area contributed by atoms with E-state index in [2.05, 4.69) is 34.6 Å². The van der Waals surface area contributed by atoms with Gasteiger partial charge in [-0.1, -0.05) is 157 Å². The van der Waals surface area contributed by atoms with E-state index in [9.17, 15) is 0 Å². The van der Waals surface area contributed by atoms with E-state index in [0.717, 1.165) is 32.1 Å². The Balaban J connectivity index is 0. The standard InChI is InChI=1S/C20H42.C9H22O2Si/c1-3-5-7-9-11-13-15-17-19-20-18-16-14-12-10-8-6-4-2;1-4-7-10-12(9-6-3)11-8-5-2/h3-20H2,1-2H3;12H,4-9H2,1-3H3. The van der Waals surface area contributed by atoms with Crippen molar-refractivity contribution in [2.75, 3.05) is 13.2 Å². The van der Waals surface area contributed by atoms with Crippen LogP contribution in [-0.2, 0) is 8.85 Å². The van der Waals surface area contributed by atoms with Crippen LogP contribution in [0.25, 0.3) is 0 Å². The first-order valence-electron chi connectivity index (χ1n) is 15.0. The van der Waals surface area contributed by atoms with Crippen LogP contribution in [0, 0.1) is 0 Å². The lowest BCUT2D eigenvalue weighted by Gasteiger charge is -2.14. The summed E-state index contributed by atoms with van der Waals surface area (Å²) in [6.45, 7) is 12.8. The maximum atomic E-state index is 5.65. The van der Waals surface area contributed by atoms with Gasteiger partial charge in [-0.15, -0.1) is 0 Å². The molecule has 0 aromatic carbocycles.